The average molecular weight is 390 g/mol. The molecule has 0 fully saturated rings. The summed E-state index contributed by atoms with van der Waals surface area (Å²) in [5.41, 5.74) is 1.51. The van der Waals surface area contributed by atoms with Gasteiger partial charge in [-0.2, -0.15) is 0 Å². The third-order valence-corrected chi connectivity index (χ3v) is 4.18. The fourth-order valence-corrected chi connectivity index (χ4v) is 3.10. The lowest BCUT2D eigenvalue weighted by molar-refractivity contribution is -0.274. The molecule has 0 aliphatic carbocycles. The second-order valence-corrected chi connectivity index (χ2v) is 6.13. The Hall–Kier alpha value is -3.56. The van der Waals surface area contributed by atoms with Crippen molar-refractivity contribution in [3.63, 3.8) is 0 Å². The van der Waals surface area contributed by atoms with Crippen LogP contribution < -0.4 is 15.4 Å². The normalized spacial score (nSPS) is 16.0. The molecule has 2 heterocycles. The number of alkyl halides is 3. The summed E-state index contributed by atoms with van der Waals surface area (Å²) in [5, 5.41) is 5.12. The predicted molar refractivity (Wildman–Crippen MR) is 93.8 cm³/mol. The maximum absolute atomic E-state index is 12.4. The van der Waals surface area contributed by atoms with Gasteiger partial charge in [0.2, 0.25) is 17.8 Å². The molecule has 3 aromatic rings. The molecule has 0 saturated carbocycles. The maximum atomic E-state index is 12.4. The number of fused-ring (bicyclic) bond motifs is 3. The Balaban J connectivity index is 1.51. The van der Waals surface area contributed by atoms with Crippen molar-refractivity contribution in [2.75, 3.05) is 10.6 Å². The first-order valence-electron chi connectivity index (χ1n) is 8.24. The van der Waals surface area contributed by atoms with Gasteiger partial charge in [0.15, 0.2) is 0 Å². The Labute approximate surface area is 156 Å². The molecule has 2 N–H and O–H groups in total. The summed E-state index contributed by atoms with van der Waals surface area (Å²) in [6.07, 6.45) is -5.03. The van der Waals surface area contributed by atoms with Crippen LogP contribution in [0.3, 0.4) is 0 Å². The van der Waals surface area contributed by atoms with Gasteiger partial charge in [0.25, 0.3) is 0 Å². The van der Waals surface area contributed by atoms with Crippen LogP contribution in [0.1, 0.15) is 12.5 Å². The van der Waals surface area contributed by atoms with Crippen molar-refractivity contribution < 1.29 is 27.5 Å². The van der Waals surface area contributed by atoms with Crippen molar-refractivity contribution in [3.05, 3.63) is 48.5 Å². The van der Waals surface area contributed by atoms with Crippen LogP contribution in [0.2, 0.25) is 0 Å². The van der Waals surface area contributed by atoms with E-state index >= 15 is 0 Å². The van der Waals surface area contributed by atoms with Gasteiger partial charge in [-0.15, -0.1) is 13.2 Å². The summed E-state index contributed by atoms with van der Waals surface area (Å²) in [4.78, 5) is 28.9. The number of para-hydroxylation sites is 2. The predicted octanol–water partition coefficient (Wildman–Crippen LogP) is 3.46. The Morgan fingerprint density at radius 3 is 2.79 bits per heavy atom. The SMILES string of the molecule is O=C(CC1C(=O)Nc2nc3ccccc3n21)Nc1cccc(OC(F)(F)F)c1. The van der Waals surface area contributed by atoms with Gasteiger partial charge in [0.1, 0.15) is 11.8 Å². The first-order chi connectivity index (χ1) is 13.3. The molecule has 10 heteroatoms. The molecule has 0 bridgehead atoms. The molecule has 28 heavy (non-hydrogen) atoms. The van der Waals surface area contributed by atoms with E-state index in [1.807, 2.05) is 6.07 Å². The molecule has 1 aliphatic rings. The molecular weight excluding hydrogens is 377 g/mol. The molecule has 2 amide bonds. The monoisotopic (exact) mass is 390 g/mol. The van der Waals surface area contributed by atoms with Gasteiger partial charge < -0.3 is 10.1 Å². The van der Waals surface area contributed by atoms with Crippen molar-refractivity contribution in [2.24, 2.45) is 0 Å². The fraction of sp³-hybridized carbons (Fsp3) is 0.167. The minimum Gasteiger partial charge on any atom is -0.406 e. The number of anilines is 2. The lowest BCUT2D eigenvalue weighted by Gasteiger charge is -2.13. The van der Waals surface area contributed by atoms with Gasteiger partial charge in [-0.05, 0) is 24.3 Å². The minimum atomic E-state index is -4.83. The summed E-state index contributed by atoms with van der Waals surface area (Å²) >= 11 is 0. The van der Waals surface area contributed by atoms with Crippen LogP contribution in [0.5, 0.6) is 5.75 Å². The summed E-state index contributed by atoms with van der Waals surface area (Å²) in [6.45, 7) is 0. The van der Waals surface area contributed by atoms with Gasteiger partial charge in [0, 0.05) is 11.8 Å². The van der Waals surface area contributed by atoms with Crippen LogP contribution in [-0.2, 0) is 9.59 Å². The molecule has 1 aliphatic heterocycles. The van der Waals surface area contributed by atoms with Crippen LogP contribution in [0.15, 0.2) is 48.5 Å². The van der Waals surface area contributed by atoms with Crippen molar-refractivity contribution in [3.8, 4) is 5.75 Å². The zero-order valence-electron chi connectivity index (χ0n) is 14.2. The highest BCUT2D eigenvalue weighted by molar-refractivity contribution is 6.03. The number of hydrogen-bond donors (Lipinski definition) is 2. The van der Waals surface area contributed by atoms with E-state index in [0.717, 1.165) is 12.1 Å². The van der Waals surface area contributed by atoms with Crippen LogP contribution in [0.4, 0.5) is 24.8 Å². The number of ether oxygens (including phenoxy) is 1. The maximum Gasteiger partial charge on any atom is 0.573 e. The zero-order chi connectivity index (χ0) is 19.9. The van der Waals surface area contributed by atoms with Gasteiger partial charge in [0.05, 0.1) is 17.5 Å². The van der Waals surface area contributed by atoms with Gasteiger partial charge in [-0.1, -0.05) is 18.2 Å². The molecule has 0 radical (unpaired) electrons. The van der Waals surface area contributed by atoms with E-state index in [1.165, 1.54) is 12.1 Å². The van der Waals surface area contributed by atoms with Crippen LogP contribution >= 0.6 is 0 Å². The standard InChI is InChI=1S/C18H13F3N4O3/c19-18(20,21)28-11-5-3-4-10(8-11)22-15(26)9-14-16(27)24-17-23-12-6-1-2-7-13(12)25(14)17/h1-8,14H,9H2,(H,22,26)(H,23,24,27). The van der Waals surface area contributed by atoms with E-state index in [2.05, 4.69) is 20.4 Å². The first-order valence-corrected chi connectivity index (χ1v) is 8.24. The van der Waals surface area contributed by atoms with E-state index in [9.17, 15) is 22.8 Å². The Kier molecular flexibility index (Phi) is 4.17. The molecular formula is C18H13F3N4O3. The third-order valence-electron chi connectivity index (χ3n) is 4.18. The van der Waals surface area contributed by atoms with Crippen molar-refractivity contribution >= 4 is 34.5 Å². The average Bonchev–Trinajstić information content (AvgIpc) is 3.09. The minimum absolute atomic E-state index is 0.126. The molecule has 4 rings (SSSR count). The summed E-state index contributed by atoms with van der Waals surface area (Å²) in [5.74, 6) is -1.01. The van der Waals surface area contributed by atoms with Gasteiger partial charge >= 0.3 is 6.36 Å². The van der Waals surface area contributed by atoms with Crippen LogP contribution in [-0.4, -0.2) is 27.7 Å². The summed E-state index contributed by atoms with van der Waals surface area (Å²) in [7, 11) is 0. The highest BCUT2D eigenvalue weighted by Crippen LogP contribution is 2.32. The van der Waals surface area contributed by atoms with E-state index in [1.54, 1.807) is 22.8 Å². The second-order valence-electron chi connectivity index (χ2n) is 6.13. The van der Waals surface area contributed by atoms with Gasteiger partial charge in [-0.25, -0.2) is 4.98 Å². The number of carbonyl (C=O) groups excluding carboxylic acids is 2. The molecule has 0 spiro atoms. The number of carbonyl (C=O) groups is 2. The number of nitrogens with zero attached hydrogens (tertiary/aromatic N) is 2. The topological polar surface area (TPSA) is 85.2 Å². The summed E-state index contributed by atoms with van der Waals surface area (Å²) in [6, 6.07) is 11.3. The van der Waals surface area contributed by atoms with Crippen LogP contribution in [0, 0.1) is 0 Å². The number of imidazole rings is 1. The zero-order valence-corrected chi connectivity index (χ0v) is 14.2. The number of rotatable bonds is 4. The molecule has 144 valence electrons. The lowest BCUT2D eigenvalue weighted by Crippen LogP contribution is -2.23. The van der Waals surface area contributed by atoms with Crippen molar-refractivity contribution in [2.45, 2.75) is 18.8 Å². The highest BCUT2D eigenvalue weighted by Gasteiger charge is 2.35. The smallest absolute Gasteiger partial charge is 0.406 e. The van der Waals surface area contributed by atoms with E-state index in [4.69, 9.17) is 0 Å². The third kappa shape index (κ3) is 3.48. The number of hydrogen-bond acceptors (Lipinski definition) is 4. The highest BCUT2D eigenvalue weighted by atomic mass is 19.4. The largest absolute Gasteiger partial charge is 0.573 e. The molecule has 2 aromatic carbocycles. The number of nitrogens with one attached hydrogen (secondary N) is 2. The van der Waals surface area contributed by atoms with E-state index in [-0.39, 0.29) is 18.0 Å². The van der Waals surface area contributed by atoms with Crippen molar-refractivity contribution in [1.82, 2.24) is 9.55 Å². The molecule has 0 saturated heterocycles. The quantitative estimate of drug-likeness (QED) is 0.715. The number of benzene rings is 2. The number of halogens is 3. The molecule has 7 nitrogen and oxygen atoms in total. The number of aromatic nitrogens is 2. The van der Waals surface area contributed by atoms with Crippen molar-refractivity contribution in [1.29, 1.82) is 0 Å². The Morgan fingerprint density at radius 2 is 2.00 bits per heavy atom. The van der Waals surface area contributed by atoms with Crippen LogP contribution in [0.25, 0.3) is 11.0 Å². The molecule has 1 aromatic heterocycles. The van der Waals surface area contributed by atoms with E-state index in [0.29, 0.717) is 17.0 Å². The second kappa shape index (κ2) is 6.55. The van der Waals surface area contributed by atoms with Gasteiger partial charge in [-0.3, -0.25) is 19.5 Å². The number of amides is 2. The Morgan fingerprint density at radius 1 is 1.21 bits per heavy atom. The lowest BCUT2D eigenvalue weighted by atomic mass is 10.1. The fourth-order valence-electron chi connectivity index (χ4n) is 3.10. The molecule has 1 atom stereocenters. The summed E-state index contributed by atoms with van der Waals surface area (Å²) < 4.78 is 42.4. The van der Waals surface area contributed by atoms with E-state index < -0.39 is 24.1 Å². The first kappa shape index (κ1) is 17.8. The molecule has 1 unspecified atom stereocenters. The Bertz CT molecular complexity index is 1080.